The van der Waals surface area contributed by atoms with Crippen molar-refractivity contribution in [1.29, 1.82) is 0 Å². The third kappa shape index (κ3) is 1.02. The Morgan fingerprint density at radius 1 is 1.64 bits per heavy atom. The number of nitrogens with zero attached hydrogens (tertiary/aromatic N) is 3. The van der Waals surface area contributed by atoms with Gasteiger partial charge in [-0.25, -0.2) is 14.3 Å². The first-order valence-electron chi connectivity index (χ1n) is 3.72. The molecule has 0 saturated carbocycles. The van der Waals surface area contributed by atoms with Gasteiger partial charge in [0.15, 0.2) is 5.82 Å². The Hall–Kier alpha value is -2.05. The number of carbonyl (C=O) groups is 1. The summed E-state index contributed by atoms with van der Waals surface area (Å²) in [6.45, 7) is 0. The van der Waals surface area contributed by atoms with Crippen molar-refractivity contribution in [1.82, 2.24) is 14.6 Å². The normalized spacial score (nSPS) is 10.6. The monoisotopic (exact) mass is 188 g/mol. The van der Waals surface area contributed by atoms with Gasteiger partial charge in [-0.05, 0) is 11.7 Å². The highest BCUT2D eigenvalue weighted by Crippen LogP contribution is 2.14. The molecule has 0 fully saturated rings. The van der Waals surface area contributed by atoms with E-state index in [1.165, 1.54) is 16.9 Å². The summed E-state index contributed by atoms with van der Waals surface area (Å²) >= 11 is 0. The second-order valence-electron chi connectivity index (χ2n) is 2.69. The number of fused-ring (bicyclic) bond motifs is 1. The maximum absolute atomic E-state index is 10.8. The van der Waals surface area contributed by atoms with Gasteiger partial charge in [0.05, 0.1) is 5.56 Å². The topological polar surface area (TPSA) is 93.5 Å². The summed E-state index contributed by atoms with van der Waals surface area (Å²) in [5.74, 6) is -1.02. The molecular weight excluding hydrogens is 183 g/mol. The van der Waals surface area contributed by atoms with Gasteiger partial charge in [-0.1, -0.05) is 0 Å². The smallest absolute Gasteiger partial charge is 0.338 e. The van der Waals surface area contributed by atoms with Crippen LogP contribution in [0.25, 0.3) is 5.52 Å². The van der Waals surface area contributed by atoms with E-state index < -0.39 is 5.97 Å². The van der Waals surface area contributed by atoms with E-state index in [0.717, 1.165) is 0 Å². The molecule has 2 aromatic heterocycles. The maximum atomic E-state index is 10.8. The molecule has 0 amide bonds. The molecule has 6 nitrogen and oxygen atoms in total. The number of hydrogen-bond acceptors (Lipinski definition) is 4. The number of rotatable bonds is 1. The van der Waals surface area contributed by atoms with E-state index in [1.54, 1.807) is 0 Å². The van der Waals surface area contributed by atoms with Crippen LogP contribution in [0.4, 0.5) is 5.82 Å². The SMILES string of the molecule is [B]c1cc(C(=O)O)c2c(N)ncnn12. The average molecular weight is 188 g/mol. The fourth-order valence-electron chi connectivity index (χ4n) is 1.26. The predicted octanol–water partition coefficient (Wildman–Crippen LogP) is -1.20. The molecule has 2 radical (unpaired) electrons. The number of aromatic nitrogens is 3. The molecule has 2 aromatic rings. The molecule has 2 rings (SSSR count). The van der Waals surface area contributed by atoms with Crippen molar-refractivity contribution >= 4 is 30.7 Å². The van der Waals surface area contributed by atoms with Gasteiger partial charge in [-0.3, -0.25) is 0 Å². The molecule has 2 heterocycles. The lowest BCUT2D eigenvalue weighted by atomic mass is 10.1. The number of hydrogen-bond donors (Lipinski definition) is 2. The van der Waals surface area contributed by atoms with Crippen LogP contribution in [0.15, 0.2) is 12.4 Å². The van der Waals surface area contributed by atoms with E-state index in [1.807, 2.05) is 0 Å². The van der Waals surface area contributed by atoms with Crippen molar-refractivity contribution in [3.8, 4) is 0 Å². The first kappa shape index (κ1) is 8.55. The van der Waals surface area contributed by atoms with Gasteiger partial charge in [-0.15, -0.1) is 0 Å². The summed E-state index contributed by atoms with van der Waals surface area (Å²) < 4.78 is 1.24. The molecule has 0 atom stereocenters. The number of nitrogen functional groups attached to an aromatic ring is 1. The zero-order valence-electron chi connectivity index (χ0n) is 7.01. The summed E-state index contributed by atoms with van der Waals surface area (Å²) in [6, 6.07) is 1.29. The Balaban J connectivity index is 2.93. The fourth-order valence-corrected chi connectivity index (χ4v) is 1.26. The number of carboxylic acid groups (broad SMARTS) is 1. The Kier molecular flexibility index (Phi) is 1.66. The Bertz CT molecular complexity index is 522. The van der Waals surface area contributed by atoms with Crippen LogP contribution in [0.1, 0.15) is 10.4 Å². The van der Waals surface area contributed by atoms with Crippen molar-refractivity contribution in [2.75, 3.05) is 5.73 Å². The molecule has 0 unspecified atom stereocenters. The van der Waals surface area contributed by atoms with Crippen LogP contribution in [0.3, 0.4) is 0 Å². The molecule has 0 spiro atoms. The molecule has 7 heteroatoms. The van der Waals surface area contributed by atoms with Gasteiger partial charge in [0.25, 0.3) is 0 Å². The number of anilines is 1. The molecule has 68 valence electrons. The molecule has 3 N–H and O–H groups in total. The van der Waals surface area contributed by atoms with E-state index in [-0.39, 0.29) is 22.5 Å². The van der Waals surface area contributed by atoms with Crippen LogP contribution in [0.5, 0.6) is 0 Å². The van der Waals surface area contributed by atoms with Gasteiger partial charge in [0.2, 0.25) is 0 Å². The van der Waals surface area contributed by atoms with Gasteiger partial charge in [0.1, 0.15) is 19.7 Å². The van der Waals surface area contributed by atoms with E-state index in [4.69, 9.17) is 18.7 Å². The van der Waals surface area contributed by atoms with E-state index >= 15 is 0 Å². The summed E-state index contributed by atoms with van der Waals surface area (Å²) in [6.07, 6.45) is 1.21. The highest BCUT2D eigenvalue weighted by molar-refractivity contribution is 6.32. The highest BCUT2D eigenvalue weighted by Gasteiger charge is 2.15. The summed E-state index contributed by atoms with van der Waals surface area (Å²) in [7, 11) is 5.54. The maximum Gasteiger partial charge on any atom is 0.338 e. The largest absolute Gasteiger partial charge is 0.478 e. The molecule has 0 aromatic carbocycles. The van der Waals surface area contributed by atoms with Crippen molar-refractivity contribution in [2.24, 2.45) is 0 Å². The van der Waals surface area contributed by atoms with Crippen LogP contribution in [-0.4, -0.2) is 33.5 Å². The van der Waals surface area contributed by atoms with Crippen molar-refractivity contribution in [2.45, 2.75) is 0 Å². The van der Waals surface area contributed by atoms with Gasteiger partial charge in [-0.2, -0.15) is 5.10 Å². The van der Waals surface area contributed by atoms with Gasteiger partial charge >= 0.3 is 5.97 Å². The lowest BCUT2D eigenvalue weighted by molar-refractivity contribution is 0.0699. The van der Waals surface area contributed by atoms with Crippen LogP contribution < -0.4 is 11.3 Å². The van der Waals surface area contributed by atoms with Crippen molar-refractivity contribution in [3.63, 3.8) is 0 Å². The summed E-state index contributed by atoms with van der Waals surface area (Å²) in [5, 5.41) is 12.6. The van der Waals surface area contributed by atoms with E-state index in [9.17, 15) is 4.79 Å². The number of carboxylic acids is 1. The molecule has 14 heavy (non-hydrogen) atoms. The standard InChI is InChI=1S/C7H5BN4O2/c8-4-1-3(7(13)14)5-6(9)10-2-11-12(4)5/h1-2H,(H,13,14)(H2,9,10,11). The Labute approximate surface area is 79.8 Å². The van der Waals surface area contributed by atoms with Gasteiger partial charge in [0, 0.05) is 0 Å². The number of nitrogens with two attached hydrogens (primary N) is 1. The molecular formula is C7H5BN4O2. The van der Waals surface area contributed by atoms with Crippen LogP contribution in [-0.2, 0) is 0 Å². The average Bonchev–Trinajstić information content (AvgIpc) is 2.46. The van der Waals surface area contributed by atoms with Crippen LogP contribution >= 0.6 is 0 Å². The zero-order valence-corrected chi connectivity index (χ0v) is 7.01. The first-order valence-corrected chi connectivity index (χ1v) is 3.72. The predicted molar refractivity (Wildman–Crippen MR) is 49.7 cm³/mol. The molecule has 0 aliphatic rings. The van der Waals surface area contributed by atoms with Crippen molar-refractivity contribution in [3.05, 3.63) is 18.0 Å². The molecule has 0 bridgehead atoms. The quantitative estimate of drug-likeness (QED) is 0.548. The van der Waals surface area contributed by atoms with Gasteiger partial charge < -0.3 is 10.8 Å². The minimum Gasteiger partial charge on any atom is -0.478 e. The van der Waals surface area contributed by atoms with E-state index in [0.29, 0.717) is 0 Å². The lowest BCUT2D eigenvalue weighted by Gasteiger charge is -1.98. The third-order valence-electron chi connectivity index (χ3n) is 1.84. The Morgan fingerprint density at radius 2 is 2.36 bits per heavy atom. The molecule has 0 aliphatic carbocycles. The highest BCUT2D eigenvalue weighted by atomic mass is 16.4. The third-order valence-corrected chi connectivity index (χ3v) is 1.84. The first-order chi connectivity index (χ1) is 6.61. The Morgan fingerprint density at radius 3 is 3.00 bits per heavy atom. The fraction of sp³-hybridized carbons (Fsp3) is 0. The second kappa shape index (κ2) is 2.73. The minimum atomic E-state index is -1.11. The molecule has 0 saturated heterocycles. The van der Waals surface area contributed by atoms with E-state index in [2.05, 4.69) is 10.1 Å². The van der Waals surface area contributed by atoms with Crippen LogP contribution in [0, 0.1) is 0 Å². The molecule has 0 aliphatic heterocycles. The number of aromatic carboxylic acids is 1. The summed E-state index contributed by atoms with van der Waals surface area (Å²) in [5.41, 5.74) is 5.95. The minimum absolute atomic E-state index is 0.000556. The summed E-state index contributed by atoms with van der Waals surface area (Å²) in [4.78, 5) is 14.5. The van der Waals surface area contributed by atoms with Crippen molar-refractivity contribution < 1.29 is 9.90 Å². The zero-order chi connectivity index (χ0) is 10.3. The second-order valence-corrected chi connectivity index (χ2v) is 2.69. The van der Waals surface area contributed by atoms with Crippen LogP contribution in [0.2, 0.25) is 0 Å². The lowest BCUT2D eigenvalue weighted by Crippen LogP contribution is -2.13.